The van der Waals surface area contributed by atoms with E-state index in [0.29, 0.717) is 27.0 Å². The van der Waals surface area contributed by atoms with Crippen LogP contribution >= 0.6 is 34.7 Å². The maximum absolute atomic E-state index is 13.2. The Bertz CT molecular complexity index is 1470. The lowest BCUT2D eigenvalue weighted by Crippen LogP contribution is -2.30. The van der Waals surface area contributed by atoms with Crippen LogP contribution in [0.5, 0.6) is 0 Å². The molecule has 0 bridgehead atoms. The molecule has 3 aromatic carbocycles. The third-order valence-electron chi connectivity index (χ3n) is 5.04. The van der Waals surface area contributed by atoms with E-state index in [1.165, 1.54) is 23.1 Å². The minimum atomic E-state index is -0.497. The number of nitrogens with zero attached hydrogens (tertiary/aromatic N) is 1. The summed E-state index contributed by atoms with van der Waals surface area (Å²) in [4.78, 5) is 43.3. The zero-order valence-electron chi connectivity index (χ0n) is 20.2. The SMILES string of the molecule is Cc1csc(NC(=O)CSc2cccc(NC(=O)/C(=C/c3ccc(Cl)cc3)NC(=O)c3ccccc3)c2)n1. The van der Waals surface area contributed by atoms with E-state index in [-0.39, 0.29) is 17.4 Å². The van der Waals surface area contributed by atoms with Gasteiger partial charge in [0, 0.05) is 26.5 Å². The van der Waals surface area contributed by atoms with Gasteiger partial charge in [-0.25, -0.2) is 4.98 Å². The molecule has 1 aromatic heterocycles. The maximum Gasteiger partial charge on any atom is 0.272 e. The molecule has 0 aliphatic carbocycles. The van der Waals surface area contributed by atoms with Crippen LogP contribution in [-0.4, -0.2) is 28.5 Å². The average molecular weight is 563 g/mol. The Labute approximate surface area is 233 Å². The first-order valence-electron chi connectivity index (χ1n) is 11.5. The molecule has 10 heteroatoms. The first-order chi connectivity index (χ1) is 18.4. The third kappa shape index (κ3) is 8.04. The van der Waals surface area contributed by atoms with Gasteiger partial charge in [-0.1, -0.05) is 48.0 Å². The molecule has 0 fully saturated rings. The lowest BCUT2D eigenvalue weighted by molar-refractivity contribution is -0.114. The normalized spacial score (nSPS) is 11.1. The Balaban J connectivity index is 1.45. The van der Waals surface area contributed by atoms with E-state index in [9.17, 15) is 14.4 Å². The molecule has 38 heavy (non-hydrogen) atoms. The van der Waals surface area contributed by atoms with Crippen molar-refractivity contribution in [1.29, 1.82) is 0 Å². The molecule has 0 atom stereocenters. The minimum Gasteiger partial charge on any atom is -0.321 e. The van der Waals surface area contributed by atoms with Crippen molar-refractivity contribution >= 4 is 69.3 Å². The first-order valence-corrected chi connectivity index (χ1v) is 13.7. The Kier molecular flexibility index (Phi) is 9.31. The van der Waals surface area contributed by atoms with Gasteiger partial charge in [0.25, 0.3) is 11.8 Å². The molecule has 0 aliphatic rings. The number of rotatable bonds is 9. The van der Waals surface area contributed by atoms with E-state index in [2.05, 4.69) is 20.9 Å². The van der Waals surface area contributed by atoms with E-state index >= 15 is 0 Å². The topological polar surface area (TPSA) is 100 Å². The Morgan fingerprint density at radius 2 is 1.74 bits per heavy atom. The molecule has 0 unspecified atom stereocenters. The highest BCUT2D eigenvalue weighted by Gasteiger charge is 2.15. The van der Waals surface area contributed by atoms with Crippen LogP contribution < -0.4 is 16.0 Å². The molecule has 0 saturated carbocycles. The van der Waals surface area contributed by atoms with Crippen LogP contribution in [0.2, 0.25) is 5.02 Å². The molecule has 192 valence electrons. The van der Waals surface area contributed by atoms with Gasteiger partial charge in [0.2, 0.25) is 5.91 Å². The van der Waals surface area contributed by atoms with Gasteiger partial charge in [-0.05, 0) is 61.0 Å². The lowest BCUT2D eigenvalue weighted by atomic mass is 10.1. The molecule has 3 N–H and O–H groups in total. The van der Waals surface area contributed by atoms with Crippen molar-refractivity contribution in [3.05, 3.63) is 112 Å². The predicted octanol–water partition coefficient (Wildman–Crippen LogP) is 6.25. The van der Waals surface area contributed by atoms with Crippen LogP contribution in [0.3, 0.4) is 0 Å². The fraction of sp³-hybridized carbons (Fsp3) is 0.0714. The van der Waals surface area contributed by atoms with Crippen LogP contribution in [0, 0.1) is 6.92 Å². The summed E-state index contributed by atoms with van der Waals surface area (Å²) in [6.07, 6.45) is 1.58. The number of carbonyl (C=O) groups is 3. The highest BCUT2D eigenvalue weighted by molar-refractivity contribution is 8.00. The summed E-state index contributed by atoms with van der Waals surface area (Å²) in [7, 11) is 0. The van der Waals surface area contributed by atoms with Gasteiger partial charge in [-0.2, -0.15) is 0 Å². The van der Waals surface area contributed by atoms with Crippen molar-refractivity contribution < 1.29 is 14.4 Å². The second-order valence-corrected chi connectivity index (χ2v) is 10.4. The van der Waals surface area contributed by atoms with Crippen molar-refractivity contribution in [3.63, 3.8) is 0 Å². The number of carbonyl (C=O) groups excluding carboxylic acids is 3. The largest absolute Gasteiger partial charge is 0.321 e. The minimum absolute atomic E-state index is 0.0670. The number of nitrogens with one attached hydrogen (secondary N) is 3. The third-order valence-corrected chi connectivity index (χ3v) is 7.16. The summed E-state index contributed by atoms with van der Waals surface area (Å²) in [5.41, 5.74) is 2.56. The number of anilines is 2. The van der Waals surface area contributed by atoms with E-state index in [1.807, 2.05) is 24.4 Å². The fourth-order valence-electron chi connectivity index (χ4n) is 3.25. The van der Waals surface area contributed by atoms with Crippen LogP contribution in [-0.2, 0) is 9.59 Å². The Morgan fingerprint density at radius 3 is 2.45 bits per heavy atom. The monoisotopic (exact) mass is 562 g/mol. The quantitative estimate of drug-likeness (QED) is 0.165. The summed E-state index contributed by atoms with van der Waals surface area (Å²) in [6.45, 7) is 1.86. The van der Waals surface area contributed by atoms with Crippen molar-refractivity contribution in [2.75, 3.05) is 16.4 Å². The number of aromatic nitrogens is 1. The molecule has 0 radical (unpaired) electrons. The standard InChI is InChI=1S/C28H23ClN4O3S2/c1-18-16-38-28(30-18)33-25(34)17-37-23-9-5-8-22(15-23)31-27(36)24(14-19-10-12-21(29)13-11-19)32-26(35)20-6-3-2-4-7-20/h2-16H,17H2,1H3,(H,31,36)(H,32,35)(H,30,33,34)/b24-14-. The number of benzene rings is 3. The van der Waals surface area contributed by atoms with Crippen molar-refractivity contribution in [1.82, 2.24) is 10.3 Å². The molecule has 1 heterocycles. The van der Waals surface area contributed by atoms with Gasteiger partial charge in [-0.3, -0.25) is 14.4 Å². The molecular weight excluding hydrogens is 540 g/mol. The Morgan fingerprint density at radius 1 is 0.974 bits per heavy atom. The smallest absolute Gasteiger partial charge is 0.272 e. The first kappa shape index (κ1) is 27.1. The number of hydrogen-bond acceptors (Lipinski definition) is 6. The van der Waals surface area contributed by atoms with Crippen LogP contribution in [0.4, 0.5) is 10.8 Å². The molecule has 4 aromatic rings. The molecule has 7 nitrogen and oxygen atoms in total. The van der Waals surface area contributed by atoms with E-state index < -0.39 is 11.8 Å². The zero-order chi connectivity index (χ0) is 26.9. The molecule has 0 spiro atoms. The summed E-state index contributed by atoms with van der Waals surface area (Å²) >= 11 is 8.69. The van der Waals surface area contributed by atoms with Gasteiger partial charge in [0.05, 0.1) is 11.4 Å². The highest BCUT2D eigenvalue weighted by Crippen LogP contribution is 2.23. The van der Waals surface area contributed by atoms with Gasteiger partial charge < -0.3 is 16.0 Å². The van der Waals surface area contributed by atoms with Crippen molar-refractivity contribution in [2.45, 2.75) is 11.8 Å². The fourth-order valence-corrected chi connectivity index (χ4v) is 4.83. The van der Waals surface area contributed by atoms with Crippen molar-refractivity contribution in [3.8, 4) is 0 Å². The summed E-state index contributed by atoms with van der Waals surface area (Å²) in [5.74, 6) is -0.893. The summed E-state index contributed by atoms with van der Waals surface area (Å²) in [6, 6.07) is 22.7. The second-order valence-electron chi connectivity index (χ2n) is 8.04. The lowest BCUT2D eigenvalue weighted by Gasteiger charge is -2.12. The highest BCUT2D eigenvalue weighted by atomic mass is 35.5. The van der Waals surface area contributed by atoms with Crippen molar-refractivity contribution in [2.24, 2.45) is 0 Å². The number of halogens is 1. The number of thiazole rings is 1. The van der Waals surface area contributed by atoms with Gasteiger partial charge in [-0.15, -0.1) is 23.1 Å². The van der Waals surface area contributed by atoms with E-state index in [0.717, 1.165) is 10.6 Å². The van der Waals surface area contributed by atoms with E-state index in [1.54, 1.807) is 72.8 Å². The zero-order valence-corrected chi connectivity index (χ0v) is 22.6. The number of thioether (sulfide) groups is 1. The van der Waals surface area contributed by atoms with Crippen LogP contribution in [0.25, 0.3) is 6.08 Å². The molecule has 0 saturated heterocycles. The van der Waals surface area contributed by atoms with Gasteiger partial charge >= 0.3 is 0 Å². The summed E-state index contributed by atoms with van der Waals surface area (Å²) < 4.78 is 0. The number of aryl methyl sites for hydroxylation is 1. The molecular formula is C28H23ClN4O3S2. The van der Waals surface area contributed by atoms with Crippen LogP contribution in [0.1, 0.15) is 21.6 Å². The Hall–Kier alpha value is -3.92. The van der Waals surface area contributed by atoms with Gasteiger partial charge in [0.15, 0.2) is 5.13 Å². The predicted molar refractivity (Wildman–Crippen MR) is 155 cm³/mol. The number of amides is 3. The second kappa shape index (κ2) is 13.0. The average Bonchev–Trinajstić information content (AvgIpc) is 3.33. The molecule has 4 rings (SSSR count). The maximum atomic E-state index is 13.2. The van der Waals surface area contributed by atoms with Crippen LogP contribution in [0.15, 0.2) is 94.8 Å². The van der Waals surface area contributed by atoms with Gasteiger partial charge in [0.1, 0.15) is 5.70 Å². The number of hydrogen-bond donors (Lipinski definition) is 3. The summed E-state index contributed by atoms with van der Waals surface area (Å²) in [5, 5.41) is 11.3. The molecule has 3 amide bonds. The molecule has 0 aliphatic heterocycles. The van der Waals surface area contributed by atoms with E-state index in [4.69, 9.17) is 11.6 Å².